The van der Waals surface area contributed by atoms with Crippen LogP contribution < -0.4 is 20.7 Å². The molecule has 2 aromatic rings. The summed E-state index contributed by atoms with van der Waals surface area (Å²) in [6.45, 7) is 5.78. The molecular weight excluding hydrogens is 422 g/mol. The van der Waals surface area contributed by atoms with Gasteiger partial charge in [-0.15, -0.1) is 0 Å². The highest BCUT2D eigenvalue weighted by Crippen LogP contribution is 2.19. The average Bonchev–Trinajstić information content (AvgIpc) is 2.75. The van der Waals surface area contributed by atoms with Crippen molar-refractivity contribution >= 4 is 29.7 Å². The highest BCUT2D eigenvalue weighted by atomic mass is 16.6. The molecule has 2 rings (SSSR count). The summed E-state index contributed by atoms with van der Waals surface area (Å²) in [6, 6.07) is 14.6. The van der Waals surface area contributed by atoms with Crippen molar-refractivity contribution in [2.24, 2.45) is 0 Å². The van der Waals surface area contributed by atoms with Gasteiger partial charge in [-0.25, -0.2) is 4.79 Å². The molecule has 0 saturated carbocycles. The average molecular weight is 454 g/mol. The van der Waals surface area contributed by atoms with Crippen molar-refractivity contribution in [3.8, 4) is 5.75 Å². The molecule has 0 heterocycles. The molecule has 0 fully saturated rings. The first-order valence-corrected chi connectivity index (χ1v) is 10.6. The lowest BCUT2D eigenvalue weighted by atomic mass is 10.1. The van der Waals surface area contributed by atoms with E-state index >= 15 is 0 Å². The zero-order valence-corrected chi connectivity index (χ0v) is 19.4. The second kappa shape index (κ2) is 12.3. The van der Waals surface area contributed by atoms with Crippen molar-refractivity contribution in [3.63, 3.8) is 0 Å². The molecule has 0 aliphatic heterocycles. The van der Waals surface area contributed by atoms with Crippen LogP contribution in [0.3, 0.4) is 0 Å². The molecule has 0 aliphatic rings. The molecule has 0 saturated heterocycles. The predicted octanol–water partition coefficient (Wildman–Crippen LogP) is 3.88. The third kappa shape index (κ3) is 9.90. The molecule has 0 bridgehead atoms. The number of nitrogens with one attached hydrogen (secondary N) is 3. The number of hydrogen-bond donors (Lipinski definition) is 3. The van der Waals surface area contributed by atoms with Crippen LogP contribution in [0.4, 0.5) is 10.5 Å². The van der Waals surface area contributed by atoms with Gasteiger partial charge in [-0.3, -0.25) is 9.59 Å². The lowest BCUT2D eigenvalue weighted by molar-refractivity contribution is -0.121. The van der Waals surface area contributed by atoms with Gasteiger partial charge in [0.05, 0.1) is 7.11 Å². The van der Waals surface area contributed by atoms with E-state index in [2.05, 4.69) is 16.0 Å². The van der Waals surface area contributed by atoms with E-state index in [9.17, 15) is 14.4 Å². The van der Waals surface area contributed by atoms with E-state index in [0.717, 1.165) is 11.1 Å². The van der Waals surface area contributed by atoms with Gasteiger partial charge in [0.25, 0.3) is 0 Å². The highest BCUT2D eigenvalue weighted by molar-refractivity contribution is 6.02. The van der Waals surface area contributed by atoms with Crippen molar-refractivity contribution in [2.75, 3.05) is 19.0 Å². The van der Waals surface area contributed by atoms with Gasteiger partial charge < -0.3 is 25.4 Å². The van der Waals surface area contributed by atoms with Crippen LogP contribution in [0.2, 0.25) is 0 Å². The summed E-state index contributed by atoms with van der Waals surface area (Å²) < 4.78 is 10.4. The number of methoxy groups -OCH3 is 1. The van der Waals surface area contributed by atoms with E-state index in [1.807, 2.05) is 30.3 Å². The van der Waals surface area contributed by atoms with Crippen LogP contribution in [-0.2, 0) is 20.9 Å². The minimum atomic E-state index is -0.586. The van der Waals surface area contributed by atoms with E-state index in [1.54, 1.807) is 52.2 Å². The van der Waals surface area contributed by atoms with Crippen LogP contribution in [0.1, 0.15) is 38.3 Å². The molecule has 3 amide bonds. The Balaban J connectivity index is 1.79. The number of ether oxygens (including phenoxy) is 2. The molecule has 0 spiro atoms. The lowest BCUT2D eigenvalue weighted by Crippen LogP contribution is -2.35. The molecule has 3 N–H and O–H groups in total. The molecule has 33 heavy (non-hydrogen) atoms. The lowest BCUT2D eigenvalue weighted by Gasteiger charge is -2.19. The second-order valence-corrected chi connectivity index (χ2v) is 8.22. The van der Waals surface area contributed by atoms with E-state index in [0.29, 0.717) is 18.0 Å². The van der Waals surface area contributed by atoms with E-state index in [1.165, 1.54) is 6.08 Å². The first-order chi connectivity index (χ1) is 15.7. The standard InChI is InChI=1S/C25H31N3O5/c1-25(2,3)33-24(31)26-15-14-22(29)27-17-18-8-7-10-20(16-18)28-23(30)13-12-19-9-5-6-11-21(19)32-4/h5-13,16H,14-15,17H2,1-4H3,(H,26,31)(H,27,29)(H,28,30)/b13-12+. The van der Waals surface area contributed by atoms with Crippen molar-refractivity contribution in [2.45, 2.75) is 39.3 Å². The van der Waals surface area contributed by atoms with Crippen LogP contribution in [-0.4, -0.2) is 37.2 Å². The zero-order chi connectivity index (χ0) is 24.3. The minimum absolute atomic E-state index is 0.128. The Morgan fingerprint density at radius 3 is 2.48 bits per heavy atom. The maximum absolute atomic E-state index is 12.3. The third-order valence-electron chi connectivity index (χ3n) is 4.26. The Hall–Kier alpha value is -3.81. The summed E-state index contributed by atoms with van der Waals surface area (Å²) in [6.07, 6.45) is 2.69. The number of alkyl carbamates (subject to hydrolysis) is 1. The normalized spacial score (nSPS) is 11.0. The van der Waals surface area contributed by atoms with Crippen molar-refractivity contribution < 1.29 is 23.9 Å². The summed E-state index contributed by atoms with van der Waals surface area (Å²) >= 11 is 0. The molecule has 176 valence electrons. The van der Waals surface area contributed by atoms with Gasteiger partial charge in [0.15, 0.2) is 0 Å². The second-order valence-electron chi connectivity index (χ2n) is 8.22. The maximum atomic E-state index is 12.3. The van der Waals surface area contributed by atoms with Crippen LogP contribution in [0, 0.1) is 0 Å². The SMILES string of the molecule is COc1ccccc1/C=C/C(=O)Nc1cccc(CNC(=O)CCNC(=O)OC(C)(C)C)c1. The summed E-state index contributed by atoms with van der Waals surface area (Å²) in [7, 11) is 1.58. The Labute approximate surface area is 194 Å². The molecule has 0 atom stereocenters. The fraction of sp³-hybridized carbons (Fsp3) is 0.320. The summed E-state index contributed by atoms with van der Waals surface area (Å²) in [4.78, 5) is 35.9. The smallest absolute Gasteiger partial charge is 0.407 e. The maximum Gasteiger partial charge on any atom is 0.407 e. The van der Waals surface area contributed by atoms with Gasteiger partial charge in [-0.05, 0) is 50.6 Å². The number of para-hydroxylation sites is 1. The number of anilines is 1. The summed E-state index contributed by atoms with van der Waals surface area (Å²) in [5, 5.41) is 8.14. The topological polar surface area (TPSA) is 106 Å². The quantitative estimate of drug-likeness (QED) is 0.500. The van der Waals surface area contributed by atoms with Gasteiger partial charge in [0.1, 0.15) is 11.4 Å². The van der Waals surface area contributed by atoms with Gasteiger partial charge in [0, 0.05) is 36.8 Å². The highest BCUT2D eigenvalue weighted by Gasteiger charge is 2.15. The number of carbonyl (C=O) groups is 3. The fourth-order valence-corrected chi connectivity index (χ4v) is 2.79. The first kappa shape index (κ1) is 25.5. The van der Waals surface area contributed by atoms with Crippen LogP contribution >= 0.6 is 0 Å². The zero-order valence-electron chi connectivity index (χ0n) is 19.4. The number of rotatable bonds is 9. The molecule has 0 radical (unpaired) electrons. The van der Waals surface area contributed by atoms with Crippen molar-refractivity contribution in [1.29, 1.82) is 0 Å². The Morgan fingerprint density at radius 1 is 1.00 bits per heavy atom. The molecule has 0 aliphatic carbocycles. The van der Waals surface area contributed by atoms with Gasteiger partial charge in [0.2, 0.25) is 11.8 Å². The molecule has 0 unspecified atom stereocenters. The monoisotopic (exact) mass is 453 g/mol. The number of carbonyl (C=O) groups excluding carboxylic acids is 3. The van der Waals surface area contributed by atoms with Crippen LogP contribution in [0.5, 0.6) is 5.75 Å². The van der Waals surface area contributed by atoms with Crippen LogP contribution in [0.15, 0.2) is 54.6 Å². The van der Waals surface area contributed by atoms with Gasteiger partial charge in [-0.2, -0.15) is 0 Å². The Bertz CT molecular complexity index is 996. The van der Waals surface area contributed by atoms with E-state index in [-0.39, 0.29) is 24.8 Å². The Morgan fingerprint density at radius 2 is 1.76 bits per heavy atom. The van der Waals surface area contributed by atoms with E-state index in [4.69, 9.17) is 9.47 Å². The van der Waals surface area contributed by atoms with Crippen molar-refractivity contribution in [1.82, 2.24) is 10.6 Å². The van der Waals surface area contributed by atoms with Gasteiger partial charge in [-0.1, -0.05) is 30.3 Å². The number of amides is 3. The van der Waals surface area contributed by atoms with E-state index < -0.39 is 11.7 Å². The molecule has 8 nitrogen and oxygen atoms in total. The Kier molecular flexibility index (Phi) is 9.47. The van der Waals surface area contributed by atoms with Gasteiger partial charge >= 0.3 is 6.09 Å². The summed E-state index contributed by atoms with van der Waals surface area (Å²) in [5.74, 6) is 0.191. The van der Waals surface area contributed by atoms with Crippen LogP contribution in [0.25, 0.3) is 6.08 Å². The molecular formula is C25H31N3O5. The molecule has 8 heteroatoms. The summed E-state index contributed by atoms with van der Waals surface area (Å²) in [5.41, 5.74) is 1.66. The van der Waals surface area contributed by atoms with Crippen molar-refractivity contribution in [3.05, 3.63) is 65.7 Å². The minimum Gasteiger partial charge on any atom is -0.496 e. The molecule has 2 aromatic carbocycles. The fourth-order valence-electron chi connectivity index (χ4n) is 2.79. The third-order valence-corrected chi connectivity index (χ3v) is 4.26. The number of benzene rings is 2. The largest absolute Gasteiger partial charge is 0.496 e. The molecule has 0 aromatic heterocycles. The first-order valence-electron chi connectivity index (χ1n) is 10.6. The number of hydrogen-bond acceptors (Lipinski definition) is 5. The predicted molar refractivity (Wildman–Crippen MR) is 128 cm³/mol.